The fourth-order valence-corrected chi connectivity index (χ4v) is 10.0. The normalized spacial score (nSPS) is 44.5. The summed E-state index contributed by atoms with van der Waals surface area (Å²) in [5.41, 5.74) is -1.03. The van der Waals surface area contributed by atoms with Crippen LogP contribution in [0.4, 0.5) is 0 Å². The van der Waals surface area contributed by atoms with Crippen LogP contribution >= 0.6 is 0 Å². The van der Waals surface area contributed by atoms with Crippen LogP contribution < -0.4 is 9.47 Å². The lowest BCUT2D eigenvalue weighted by molar-refractivity contribution is -0.183. The summed E-state index contributed by atoms with van der Waals surface area (Å²) in [5, 5.41) is 23.4. The van der Waals surface area contributed by atoms with Crippen molar-refractivity contribution in [3.8, 4) is 11.5 Å². The first kappa shape index (κ1) is 20.2. The van der Waals surface area contributed by atoms with Crippen LogP contribution in [0.15, 0.2) is 36.4 Å². The summed E-state index contributed by atoms with van der Waals surface area (Å²) in [4.78, 5) is 26.4. The first-order valence-electron chi connectivity index (χ1n) is 12.4. The van der Waals surface area contributed by atoms with E-state index in [0.717, 1.165) is 39.8 Å². The molecule has 4 aliphatic carbocycles. The van der Waals surface area contributed by atoms with E-state index in [4.69, 9.17) is 14.2 Å². The topological polar surface area (TPSA) is 102 Å². The molecule has 10 atom stereocenters. The summed E-state index contributed by atoms with van der Waals surface area (Å²) in [6, 6.07) is 7.91. The van der Waals surface area contributed by atoms with E-state index in [9.17, 15) is 19.8 Å². The SMILES string of the molecule is COc1c2c(c(OC)c3ccccc13)C1CC2C2C1C1(C(=O)O)OC2(C(=O)O)C2C3C=CC(C3)C21. The number of carboxylic acid groups (broad SMARTS) is 2. The molecular formula is C28H26O7. The number of aliphatic carboxylic acids is 2. The third kappa shape index (κ3) is 1.83. The van der Waals surface area contributed by atoms with Gasteiger partial charge in [0.1, 0.15) is 11.5 Å². The van der Waals surface area contributed by atoms with Crippen molar-refractivity contribution in [2.24, 2.45) is 35.5 Å². The first-order valence-corrected chi connectivity index (χ1v) is 12.4. The lowest BCUT2D eigenvalue weighted by Crippen LogP contribution is -2.59. The van der Waals surface area contributed by atoms with Crippen LogP contribution in [0.3, 0.4) is 0 Å². The van der Waals surface area contributed by atoms with E-state index >= 15 is 0 Å². The number of hydrogen-bond acceptors (Lipinski definition) is 5. The molecule has 4 fully saturated rings. The third-order valence-corrected chi connectivity index (χ3v) is 10.6. The molecule has 0 spiro atoms. The average molecular weight is 475 g/mol. The van der Waals surface area contributed by atoms with Crippen molar-refractivity contribution in [3.63, 3.8) is 0 Å². The Hall–Kier alpha value is -3.06. The van der Waals surface area contributed by atoms with Crippen molar-refractivity contribution in [1.29, 1.82) is 0 Å². The zero-order valence-corrected chi connectivity index (χ0v) is 19.4. The van der Waals surface area contributed by atoms with Gasteiger partial charge in [-0.1, -0.05) is 36.4 Å². The first-order chi connectivity index (χ1) is 16.9. The summed E-state index contributed by atoms with van der Waals surface area (Å²) < 4.78 is 18.5. The number of fused-ring (bicyclic) bond motifs is 20. The molecule has 35 heavy (non-hydrogen) atoms. The standard InChI is InChI=1S/C28H26O7/c1-33-23-13-5-3-4-6-14(13)24(34-2)18-16-10-15(17(18)23)21-22(16)28(26(31)32)20-12-8-7-11(9-12)19(20)27(21,35-28)25(29)30/h3-8,11-12,15-16,19-22H,9-10H2,1-2H3,(H,29,30)(H,31,32). The van der Waals surface area contributed by atoms with E-state index in [-0.39, 0.29) is 35.5 Å². The molecule has 8 rings (SSSR count). The maximum absolute atomic E-state index is 13.2. The van der Waals surface area contributed by atoms with E-state index in [1.807, 2.05) is 24.3 Å². The number of hydrogen-bond donors (Lipinski definition) is 2. The van der Waals surface area contributed by atoms with Gasteiger partial charge in [-0.25, -0.2) is 9.59 Å². The Morgan fingerprint density at radius 3 is 1.66 bits per heavy atom. The second-order valence-electron chi connectivity index (χ2n) is 11.2. The second-order valence-corrected chi connectivity index (χ2v) is 11.2. The zero-order chi connectivity index (χ0) is 24.0. The van der Waals surface area contributed by atoms with Crippen LogP contribution in [0, 0.1) is 35.5 Å². The van der Waals surface area contributed by atoms with Crippen LogP contribution in [0.25, 0.3) is 10.8 Å². The highest BCUT2D eigenvalue weighted by Gasteiger charge is 2.88. The molecule has 0 radical (unpaired) electrons. The molecule has 2 saturated heterocycles. The minimum absolute atomic E-state index is 0.0508. The van der Waals surface area contributed by atoms with Gasteiger partial charge in [0.15, 0.2) is 11.2 Å². The fraction of sp³-hybridized carbons (Fsp3) is 0.500. The molecule has 7 heteroatoms. The van der Waals surface area contributed by atoms with Gasteiger partial charge >= 0.3 is 11.9 Å². The highest BCUT2D eigenvalue weighted by Crippen LogP contribution is 2.81. The number of methoxy groups -OCH3 is 2. The summed E-state index contributed by atoms with van der Waals surface area (Å²) in [5.74, 6) is -2.19. The quantitative estimate of drug-likeness (QED) is 0.650. The summed E-state index contributed by atoms with van der Waals surface area (Å²) in [7, 11) is 3.30. The van der Waals surface area contributed by atoms with Gasteiger partial charge in [0.2, 0.25) is 0 Å². The molecule has 180 valence electrons. The second kappa shape index (κ2) is 6.01. The molecule has 2 aromatic rings. The lowest BCUT2D eigenvalue weighted by atomic mass is 9.50. The maximum atomic E-state index is 13.2. The monoisotopic (exact) mass is 474 g/mol. The maximum Gasteiger partial charge on any atom is 0.336 e. The number of carbonyl (C=O) groups is 2. The van der Waals surface area contributed by atoms with Crippen molar-refractivity contribution >= 4 is 22.7 Å². The van der Waals surface area contributed by atoms with Gasteiger partial charge in [-0.05, 0) is 36.5 Å². The predicted molar refractivity (Wildman–Crippen MR) is 124 cm³/mol. The molecule has 0 amide bonds. The van der Waals surface area contributed by atoms with Gasteiger partial charge < -0.3 is 24.4 Å². The van der Waals surface area contributed by atoms with Gasteiger partial charge in [0.05, 0.1) is 14.2 Å². The Morgan fingerprint density at radius 2 is 1.26 bits per heavy atom. The van der Waals surface area contributed by atoms with Gasteiger partial charge in [-0.3, -0.25) is 0 Å². The van der Waals surface area contributed by atoms with Gasteiger partial charge in [0, 0.05) is 45.6 Å². The molecule has 6 aliphatic rings. The van der Waals surface area contributed by atoms with Crippen LogP contribution in [-0.2, 0) is 14.3 Å². The Bertz CT molecular complexity index is 1290. The van der Waals surface area contributed by atoms with Gasteiger partial charge in [-0.2, -0.15) is 0 Å². The molecule has 7 nitrogen and oxygen atoms in total. The number of benzene rings is 2. The summed E-state index contributed by atoms with van der Waals surface area (Å²) in [6.07, 6.45) is 5.72. The highest BCUT2D eigenvalue weighted by atomic mass is 16.6. The molecule has 2 aromatic carbocycles. The Balaban J connectivity index is 1.45. The smallest absolute Gasteiger partial charge is 0.336 e. The summed E-state index contributed by atoms with van der Waals surface area (Å²) >= 11 is 0. The van der Waals surface area contributed by atoms with Crippen molar-refractivity contribution in [2.75, 3.05) is 14.2 Å². The molecule has 2 heterocycles. The van der Waals surface area contributed by atoms with Crippen molar-refractivity contribution in [1.82, 2.24) is 0 Å². The van der Waals surface area contributed by atoms with Crippen LogP contribution in [-0.4, -0.2) is 47.6 Å². The van der Waals surface area contributed by atoms with E-state index in [1.165, 1.54) is 0 Å². The van der Waals surface area contributed by atoms with E-state index in [2.05, 4.69) is 12.2 Å². The van der Waals surface area contributed by atoms with Crippen LogP contribution in [0.5, 0.6) is 11.5 Å². The van der Waals surface area contributed by atoms with Gasteiger partial charge in [-0.15, -0.1) is 0 Å². The fourth-order valence-electron chi connectivity index (χ4n) is 10.0. The van der Waals surface area contributed by atoms with Crippen LogP contribution in [0.2, 0.25) is 0 Å². The minimum Gasteiger partial charge on any atom is -0.496 e. The Labute approximate surface area is 201 Å². The predicted octanol–water partition coefficient (Wildman–Crippen LogP) is 3.80. The molecule has 6 bridgehead atoms. The molecule has 10 unspecified atom stereocenters. The Kier molecular flexibility index (Phi) is 3.46. The molecule has 2 saturated carbocycles. The third-order valence-electron chi connectivity index (χ3n) is 10.6. The molecule has 0 aromatic heterocycles. The molecule has 2 aliphatic heterocycles. The van der Waals surface area contributed by atoms with E-state index < -0.39 is 35.0 Å². The average Bonchev–Trinajstić information content (AvgIpc) is 3.66. The number of carboxylic acids is 2. The van der Waals surface area contributed by atoms with Gasteiger partial charge in [0.25, 0.3) is 0 Å². The lowest BCUT2D eigenvalue weighted by Gasteiger charge is -2.48. The van der Waals surface area contributed by atoms with Crippen molar-refractivity contribution in [3.05, 3.63) is 47.5 Å². The Morgan fingerprint density at radius 1 is 0.800 bits per heavy atom. The van der Waals surface area contributed by atoms with Crippen molar-refractivity contribution in [2.45, 2.75) is 35.9 Å². The highest BCUT2D eigenvalue weighted by molar-refractivity contribution is 5.98. The zero-order valence-electron chi connectivity index (χ0n) is 19.4. The number of allylic oxidation sites excluding steroid dienone is 2. The number of ether oxygens (including phenoxy) is 3. The largest absolute Gasteiger partial charge is 0.496 e. The number of rotatable bonds is 4. The van der Waals surface area contributed by atoms with Crippen molar-refractivity contribution < 1.29 is 34.0 Å². The molecule has 2 N–H and O–H groups in total. The van der Waals surface area contributed by atoms with Crippen LogP contribution in [0.1, 0.15) is 35.8 Å². The minimum atomic E-state index is -1.50. The molecular weight excluding hydrogens is 448 g/mol. The van der Waals surface area contributed by atoms with E-state index in [0.29, 0.717) is 6.42 Å². The van der Waals surface area contributed by atoms with E-state index in [1.54, 1.807) is 14.2 Å². The summed E-state index contributed by atoms with van der Waals surface area (Å²) in [6.45, 7) is 0.